The van der Waals surface area contributed by atoms with Crippen LogP contribution in [0.2, 0.25) is 0 Å². The van der Waals surface area contributed by atoms with Crippen molar-refractivity contribution in [3.63, 3.8) is 0 Å². The lowest BCUT2D eigenvalue weighted by Crippen LogP contribution is -2.19. The topological polar surface area (TPSA) is 68.5 Å². The van der Waals surface area contributed by atoms with Crippen LogP contribution in [-0.2, 0) is 0 Å². The largest absolute Gasteiger partial charge is 0.468 e. The number of hydrogen-bond donors (Lipinski definition) is 1. The van der Waals surface area contributed by atoms with Crippen molar-refractivity contribution >= 4 is 27.9 Å². The van der Waals surface area contributed by atoms with Crippen molar-refractivity contribution in [2.75, 3.05) is 11.9 Å². The van der Waals surface area contributed by atoms with Gasteiger partial charge in [-0.15, -0.1) is 11.3 Å². The summed E-state index contributed by atoms with van der Waals surface area (Å²) in [6, 6.07) is 9.74. The Balaban J connectivity index is 1.39. The number of pyridine rings is 1. The van der Waals surface area contributed by atoms with Gasteiger partial charge in [-0.25, -0.2) is 9.97 Å². The number of aromatic nitrogens is 3. The fraction of sp³-hybridized carbons (Fsp3) is 0.105. The molecule has 0 unspecified atom stereocenters. The van der Waals surface area contributed by atoms with E-state index in [4.69, 9.17) is 0 Å². The third-order valence-electron chi connectivity index (χ3n) is 3.91. The van der Waals surface area contributed by atoms with E-state index in [2.05, 4.69) is 20.0 Å². The minimum atomic E-state index is -4.45. The van der Waals surface area contributed by atoms with Crippen LogP contribution < -0.4 is 10.1 Å². The van der Waals surface area contributed by atoms with Crippen LogP contribution in [0.5, 0.6) is 5.88 Å². The number of carbonyl (C=O) groups is 1. The van der Waals surface area contributed by atoms with E-state index in [0.717, 1.165) is 22.4 Å². The molecule has 1 N–H and O–H groups in total. The predicted molar refractivity (Wildman–Crippen MR) is 102 cm³/mol. The highest BCUT2D eigenvalue weighted by molar-refractivity contribution is 7.15. The Kier molecular flexibility index (Phi) is 4.93. The SMILES string of the molecule is O=C(Nc1ccc(-c2cn3ccsc3n2)cc1)c1ccc(OCC(F)(F)F)nc1. The third-order valence-corrected chi connectivity index (χ3v) is 4.68. The van der Waals surface area contributed by atoms with Crippen LogP contribution in [0.1, 0.15) is 10.4 Å². The first-order valence-electron chi connectivity index (χ1n) is 8.37. The second-order valence-electron chi connectivity index (χ2n) is 6.04. The van der Waals surface area contributed by atoms with E-state index in [9.17, 15) is 18.0 Å². The zero-order valence-corrected chi connectivity index (χ0v) is 15.5. The number of alkyl halides is 3. The number of hydrogen-bond acceptors (Lipinski definition) is 5. The van der Waals surface area contributed by atoms with Crippen molar-refractivity contribution < 1.29 is 22.7 Å². The summed E-state index contributed by atoms with van der Waals surface area (Å²) in [5, 5.41) is 4.66. The number of carbonyl (C=O) groups excluding carboxylic acids is 1. The maximum Gasteiger partial charge on any atom is 0.422 e. The molecule has 0 saturated heterocycles. The molecule has 3 aromatic heterocycles. The van der Waals surface area contributed by atoms with E-state index in [1.165, 1.54) is 12.1 Å². The standard InChI is InChI=1S/C19H13F3N4O2S/c20-19(21,22)11-28-16-6-3-13(9-23-16)17(27)24-14-4-1-12(2-5-14)15-10-26-7-8-29-18(26)25-15/h1-10H,11H2,(H,24,27). The highest BCUT2D eigenvalue weighted by atomic mass is 32.1. The Bertz CT molecular complexity index is 1110. The smallest absolute Gasteiger partial charge is 0.422 e. The van der Waals surface area contributed by atoms with Crippen LogP contribution in [-0.4, -0.2) is 33.1 Å². The number of imidazole rings is 1. The third kappa shape index (κ3) is 4.54. The van der Waals surface area contributed by atoms with Crippen molar-refractivity contribution in [1.82, 2.24) is 14.4 Å². The van der Waals surface area contributed by atoms with E-state index in [-0.39, 0.29) is 11.4 Å². The normalized spacial score (nSPS) is 11.6. The zero-order chi connectivity index (χ0) is 20.4. The lowest BCUT2D eigenvalue weighted by atomic mass is 10.1. The monoisotopic (exact) mass is 418 g/mol. The van der Waals surface area contributed by atoms with Gasteiger partial charge in [0, 0.05) is 41.3 Å². The summed E-state index contributed by atoms with van der Waals surface area (Å²) in [7, 11) is 0. The molecule has 0 aliphatic heterocycles. The average Bonchev–Trinajstić information content (AvgIpc) is 3.29. The number of amides is 1. The van der Waals surface area contributed by atoms with Crippen molar-refractivity contribution in [2.24, 2.45) is 0 Å². The van der Waals surface area contributed by atoms with Crippen LogP contribution >= 0.6 is 11.3 Å². The summed E-state index contributed by atoms with van der Waals surface area (Å²) in [6.07, 6.45) is 0.565. The maximum absolute atomic E-state index is 12.3. The van der Waals surface area contributed by atoms with Crippen LogP contribution in [0.25, 0.3) is 16.2 Å². The first-order valence-corrected chi connectivity index (χ1v) is 9.25. The first-order chi connectivity index (χ1) is 13.9. The average molecular weight is 418 g/mol. The van der Waals surface area contributed by atoms with Gasteiger partial charge in [0.2, 0.25) is 5.88 Å². The number of nitrogens with one attached hydrogen (secondary N) is 1. The van der Waals surface area contributed by atoms with Crippen LogP contribution in [0, 0.1) is 0 Å². The molecule has 0 aliphatic rings. The van der Waals surface area contributed by atoms with Crippen LogP contribution in [0.3, 0.4) is 0 Å². The molecule has 0 saturated carbocycles. The molecule has 29 heavy (non-hydrogen) atoms. The van der Waals surface area contributed by atoms with Crippen LogP contribution in [0.15, 0.2) is 60.4 Å². The van der Waals surface area contributed by atoms with Gasteiger partial charge in [0.25, 0.3) is 5.91 Å². The summed E-state index contributed by atoms with van der Waals surface area (Å²) >= 11 is 1.54. The molecular formula is C19H13F3N4O2S. The number of rotatable bonds is 5. The van der Waals surface area contributed by atoms with E-state index in [1.807, 2.05) is 34.3 Å². The number of thiazole rings is 1. The minimum absolute atomic E-state index is 0.197. The summed E-state index contributed by atoms with van der Waals surface area (Å²) in [5.41, 5.74) is 2.50. The Labute approximate surface area is 166 Å². The molecule has 6 nitrogen and oxygen atoms in total. The molecule has 0 aliphatic carbocycles. The van der Waals surface area contributed by atoms with Crippen molar-refractivity contribution in [1.29, 1.82) is 0 Å². The van der Waals surface area contributed by atoms with E-state index < -0.39 is 18.7 Å². The van der Waals surface area contributed by atoms with Gasteiger partial charge < -0.3 is 10.1 Å². The Morgan fingerprint density at radius 1 is 1.17 bits per heavy atom. The predicted octanol–water partition coefficient (Wildman–Crippen LogP) is 4.65. The Morgan fingerprint density at radius 2 is 1.97 bits per heavy atom. The molecule has 1 aromatic carbocycles. The number of ether oxygens (including phenoxy) is 1. The highest BCUT2D eigenvalue weighted by Gasteiger charge is 2.28. The fourth-order valence-electron chi connectivity index (χ4n) is 2.55. The lowest BCUT2D eigenvalue weighted by Gasteiger charge is -2.09. The van der Waals surface area contributed by atoms with Gasteiger partial charge in [0.1, 0.15) is 0 Å². The molecule has 0 fully saturated rings. The molecule has 0 atom stereocenters. The second kappa shape index (κ2) is 7.55. The van der Waals surface area contributed by atoms with Crippen LogP contribution in [0.4, 0.5) is 18.9 Å². The summed E-state index contributed by atoms with van der Waals surface area (Å²) in [4.78, 5) is 21.4. The number of fused-ring (bicyclic) bond motifs is 1. The van der Waals surface area contributed by atoms with E-state index in [0.29, 0.717) is 5.69 Å². The number of anilines is 1. The lowest BCUT2D eigenvalue weighted by molar-refractivity contribution is -0.154. The molecule has 3 heterocycles. The molecule has 4 aromatic rings. The molecule has 148 valence electrons. The maximum atomic E-state index is 12.3. The van der Waals surface area contributed by atoms with Crippen molar-refractivity contribution in [3.05, 3.63) is 65.9 Å². The Morgan fingerprint density at radius 3 is 2.62 bits per heavy atom. The van der Waals surface area contributed by atoms with Gasteiger partial charge >= 0.3 is 6.18 Å². The molecule has 0 spiro atoms. The Hall–Kier alpha value is -3.40. The van der Waals surface area contributed by atoms with Crippen molar-refractivity contribution in [3.8, 4) is 17.1 Å². The number of benzene rings is 1. The highest BCUT2D eigenvalue weighted by Crippen LogP contribution is 2.23. The van der Waals surface area contributed by atoms with E-state index >= 15 is 0 Å². The molecular weight excluding hydrogens is 405 g/mol. The minimum Gasteiger partial charge on any atom is -0.468 e. The zero-order valence-electron chi connectivity index (χ0n) is 14.7. The second-order valence-corrected chi connectivity index (χ2v) is 6.91. The van der Waals surface area contributed by atoms with E-state index in [1.54, 1.807) is 23.5 Å². The molecule has 1 amide bonds. The molecule has 4 rings (SSSR count). The van der Waals surface area contributed by atoms with Gasteiger partial charge in [0.15, 0.2) is 11.6 Å². The van der Waals surface area contributed by atoms with Gasteiger partial charge in [-0.3, -0.25) is 9.20 Å². The molecule has 0 bridgehead atoms. The summed E-state index contributed by atoms with van der Waals surface area (Å²) in [5.74, 6) is -0.640. The molecule has 0 radical (unpaired) electrons. The number of nitrogens with zero attached hydrogens (tertiary/aromatic N) is 3. The first kappa shape index (κ1) is 18.9. The van der Waals surface area contributed by atoms with Gasteiger partial charge in [0.05, 0.1) is 11.3 Å². The van der Waals surface area contributed by atoms with Crippen molar-refractivity contribution in [2.45, 2.75) is 6.18 Å². The van der Waals surface area contributed by atoms with Gasteiger partial charge in [-0.1, -0.05) is 12.1 Å². The number of halogens is 3. The summed E-state index contributed by atoms with van der Waals surface area (Å²) in [6.45, 7) is -1.44. The van der Waals surface area contributed by atoms with Gasteiger partial charge in [-0.2, -0.15) is 13.2 Å². The van der Waals surface area contributed by atoms with Gasteiger partial charge in [-0.05, 0) is 18.2 Å². The summed E-state index contributed by atoms with van der Waals surface area (Å²) < 4.78 is 42.9. The fourth-order valence-corrected chi connectivity index (χ4v) is 3.25. The quantitative estimate of drug-likeness (QED) is 0.512. The molecule has 10 heteroatoms.